The highest BCUT2D eigenvalue weighted by Crippen LogP contribution is 2.45. The van der Waals surface area contributed by atoms with E-state index in [1.54, 1.807) is 5.51 Å². The summed E-state index contributed by atoms with van der Waals surface area (Å²) in [4.78, 5) is 18.5. The third-order valence-corrected chi connectivity index (χ3v) is 4.87. The van der Waals surface area contributed by atoms with Crippen LogP contribution in [0.15, 0.2) is 10.9 Å². The van der Waals surface area contributed by atoms with E-state index in [0.29, 0.717) is 12.8 Å². The second kappa shape index (κ2) is 4.95. The average molecular weight is 310 g/mol. The van der Waals surface area contributed by atoms with Crippen molar-refractivity contribution < 1.29 is 14.6 Å². The molecule has 6 heteroatoms. The minimum Gasteiger partial charge on any atom is -0.444 e. The smallest absolute Gasteiger partial charge is 0.410 e. The van der Waals surface area contributed by atoms with Gasteiger partial charge in [-0.3, -0.25) is 0 Å². The molecule has 116 valence electrons. The molecule has 0 aliphatic carbocycles. The van der Waals surface area contributed by atoms with Crippen LogP contribution in [0.1, 0.15) is 52.1 Å². The lowest BCUT2D eigenvalue weighted by atomic mass is 9.84. The van der Waals surface area contributed by atoms with Gasteiger partial charge in [0.2, 0.25) is 0 Å². The summed E-state index contributed by atoms with van der Waals surface area (Å²) in [5.41, 5.74) is 1.10. The van der Waals surface area contributed by atoms with Crippen molar-refractivity contribution in [2.75, 3.05) is 0 Å². The number of rotatable bonds is 1. The maximum absolute atomic E-state index is 12.4. The molecule has 2 atom stereocenters. The summed E-state index contributed by atoms with van der Waals surface area (Å²) in [5, 5.41) is 12.8. The lowest BCUT2D eigenvalue weighted by Crippen LogP contribution is -2.53. The highest BCUT2D eigenvalue weighted by atomic mass is 32.1. The first-order chi connectivity index (χ1) is 9.78. The predicted molar refractivity (Wildman–Crippen MR) is 80.1 cm³/mol. The fourth-order valence-corrected chi connectivity index (χ4v) is 4.13. The molecular weight excluding hydrogens is 288 g/mol. The molecule has 3 heterocycles. The number of piperidine rings is 1. The number of amides is 1. The van der Waals surface area contributed by atoms with E-state index in [2.05, 4.69) is 4.98 Å². The van der Waals surface area contributed by atoms with E-state index >= 15 is 0 Å². The third kappa shape index (κ3) is 2.79. The Morgan fingerprint density at radius 1 is 1.43 bits per heavy atom. The summed E-state index contributed by atoms with van der Waals surface area (Å²) >= 11 is 1.49. The molecule has 0 spiro atoms. The molecule has 2 fully saturated rings. The minimum atomic E-state index is -0.898. The maximum atomic E-state index is 12.4. The largest absolute Gasteiger partial charge is 0.444 e. The molecule has 1 aromatic rings. The maximum Gasteiger partial charge on any atom is 0.410 e. The van der Waals surface area contributed by atoms with Gasteiger partial charge in [-0.05, 0) is 33.6 Å². The van der Waals surface area contributed by atoms with Crippen LogP contribution in [0.5, 0.6) is 0 Å². The second-order valence-electron chi connectivity index (χ2n) is 7.09. The fraction of sp³-hybridized carbons (Fsp3) is 0.733. The first-order valence-corrected chi connectivity index (χ1v) is 8.35. The van der Waals surface area contributed by atoms with E-state index in [-0.39, 0.29) is 18.2 Å². The first kappa shape index (κ1) is 14.8. The first-order valence-electron chi connectivity index (χ1n) is 7.41. The summed E-state index contributed by atoms with van der Waals surface area (Å²) in [6.45, 7) is 5.63. The lowest BCUT2D eigenvalue weighted by Gasteiger charge is -2.43. The van der Waals surface area contributed by atoms with E-state index in [1.807, 2.05) is 31.1 Å². The Hall–Kier alpha value is -1.14. The van der Waals surface area contributed by atoms with Gasteiger partial charge in [0.05, 0.1) is 11.2 Å². The fourth-order valence-electron chi connectivity index (χ4n) is 3.49. The van der Waals surface area contributed by atoms with Gasteiger partial charge in [-0.2, -0.15) is 0 Å². The van der Waals surface area contributed by atoms with Crippen molar-refractivity contribution in [3.8, 4) is 0 Å². The second-order valence-corrected chi connectivity index (χ2v) is 7.80. The van der Waals surface area contributed by atoms with E-state index in [0.717, 1.165) is 18.5 Å². The van der Waals surface area contributed by atoms with E-state index < -0.39 is 11.2 Å². The third-order valence-electron chi connectivity index (χ3n) is 4.28. The molecule has 2 saturated heterocycles. The molecule has 0 aromatic carbocycles. The van der Waals surface area contributed by atoms with Crippen LogP contribution in [-0.4, -0.2) is 38.8 Å². The molecule has 2 aliphatic rings. The van der Waals surface area contributed by atoms with Crippen molar-refractivity contribution in [2.45, 2.75) is 69.7 Å². The topological polar surface area (TPSA) is 62.7 Å². The summed E-state index contributed by atoms with van der Waals surface area (Å²) in [6, 6.07) is 0.0931. The lowest BCUT2D eigenvalue weighted by molar-refractivity contribution is -0.0644. The van der Waals surface area contributed by atoms with Gasteiger partial charge < -0.3 is 14.7 Å². The van der Waals surface area contributed by atoms with Gasteiger partial charge in [-0.1, -0.05) is 0 Å². The van der Waals surface area contributed by atoms with Crippen molar-refractivity contribution >= 4 is 17.4 Å². The number of carbonyl (C=O) groups excluding carboxylic acids is 1. The van der Waals surface area contributed by atoms with E-state index in [1.165, 1.54) is 11.3 Å². The van der Waals surface area contributed by atoms with Gasteiger partial charge in [-0.15, -0.1) is 11.3 Å². The number of fused-ring (bicyclic) bond motifs is 2. The van der Waals surface area contributed by atoms with Gasteiger partial charge in [0, 0.05) is 30.3 Å². The van der Waals surface area contributed by atoms with Crippen molar-refractivity contribution in [1.29, 1.82) is 0 Å². The SMILES string of the molecule is CC(C)(C)OC(=O)N1C2CCC1CC(O)(c1cscn1)C2. The van der Waals surface area contributed by atoms with Crippen LogP contribution in [0.25, 0.3) is 0 Å². The Bertz CT molecular complexity index is 510. The highest BCUT2D eigenvalue weighted by molar-refractivity contribution is 7.07. The summed E-state index contributed by atoms with van der Waals surface area (Å²) in [5.74, 6) is 0. The van der Waals surface area contributed by atoms with E-state index in [9.17, 15) is 9.90 Å². The van der Waals surface area contributed by atoms with Crippen LogP contribution in [0.3, 0.4) is 0 Å². The molecule has 2 bridgehead atoms. The Balaban J connectivity index is 1.77. The van der Waals surface area contributed by atoms with Crippen LogP contribution in [0.2, 0.25) is 0 Å². The number of nitrogens with zero attached hydrogens (tertiary/aromatic N) is 2. The Kier molecular flexibility index (Phi) is 3.48. The van der Waals surface area contributed by atoms with Gasteiger partial charge in [0.1, 0.15) is 11.2 Å². The van der Waals surface area contributed by atoms with E-state index in [4.69, 9.17) is 4.74 Å². The zero-order chi connectivity index (χ0) is 15.3. The zero-order valence-electron chi connectivity index (χ0n) is 12.7. The molecule has 2 unspecified atom stereocenters. The standard InChI is InChI=1S/C15H22N2O3S/c1-14(2,3)20-13(18)17-10-4-5-11(17)7-15(19,6-10)12-8-21-9-16-12/h8-11,19H,4-7H2,1-3H3. The summed E-state index contributed by atoms with van der Waals surface area (Å²) in [7, 11) is 0. The van der Waals surface area contributed by atoms with Crippen LogP contribution in [0.4, 0.5) is 4.79 Å². The predicted octanol–water partition coefficient (Wildman–Crippen LogP) is 2.89. The normalized spacial score (nSPS) is 32.3. The van der Waals surface area contributed by atoms with Crippen LogP contribution < -0.4 is 0 Å². The van der Waals surface area contributed by atoms with Crippen molar-refractivity contribution in [1.82, 2.24) is 9.88 Å². The van der Waals surface area contributed by atoms with Crippen LogP contribution >= 0.6 is 11.3 Å². The Labute approximate surface area is 128 Å². The Morgan fingerprint density at radius 3 is 2.52 bits per heavy atom. The highest BCUT2D eigenvalue weighted by Gasteiger charge is 2.51. The molecule has 1 amide bonds. The molecule has 5 nitrogen and oxygen atoms in total. The molecule has 1 aromatic heterocycles. The molecule has 21 heavy (non-hydrogen) atoms. The van der Waals surface area contributed by atoms with Gasteiger partial charge in [0.15, 0.2) is 0 Å². The van der Waals surface area contributed by atoms with Gasteiger partial charge in [-0.25, -0.2) is 9.78 Å². The average Bonchev–Trinajstić information content (AvgIpc) is 2.95. The van der Waals surface area contributed by atoms with Crippen molar-refractivity contribution in [3.05, 3.63) is 16.6 Å². The summed E-state index contributed by atoms with van der Waals surface area (Å²) < 4.78 is 5.51. The van der Waals surface area contributed by atoms with Gasteiger partial charge in [0.25, 0.3) is 0 Å². The molecule has 0 saturated carbocycles. The van der Waals surface area contributed by atoms with Crippen molar-refractivity contribution in [2.24, 2.45) is 0 Å². The van der Waals surface area contributed by atoms with Crippen molar-refractivity contribution in [3.63, 3.8) is 0 Å². The van der Waals surface area contributed by atoms with Crippen LogP contribution in [0, 0.1) is 0 Å². The molecular formula is C15H22N2O3S. The Morgan fingerprint density at radius 2 is 2.05 bits per heavy atom. The molecule has 0 radical (unpaired) electrons. The van der Waals surface area contributed by atoms with Gasteiger partial charge >= 0.3 is 6.09 Å². The number of hydrogen-bond acceptors (Lipinski definition) is 5. The number of aliphatic hydroxyl groups is 1. The number of hydrogen-bond donors (Lipinski definition) is 1. The molecule has 2 aliphatic heterocycles. The zero-order valence-corrected chi connectivity index (χ0v) is 13.5. The van der Waals surface area contributed by atoms with Crippen LogP contribution in [-0.2, 0) is 10.3 Å². The quantitative estimate of drug-likeness (QED) is 0.866. The molecule has 3 rings (SSSR count). The number of aromatic nitrogens is 1. The number of thiazole rings is 1. The number of ether oxygens (including phenoxy) is 1. The molecule has 1 N–H and O–H groups in total. The monoisotopic (exact) mass is 310 g/mol. The minimum absolute atomic E-state index is 0.0466. The summed E-state index contributed by atoms with van der Waals surface area (Å²) in [6.07, 6.45) is 2.70. The number of carbonyl (C=O) groups is 1.